The summed E-state index contributed by atoms with van der Waals surface area (Å²) in [6.45, 7) is 8.83. The summed E-state index contributed by atoms with van der Waals surface area (Å²) in [6, 6.07) is 6.67. The molecule has 0 fully saturated rings. The van der Waals surface area contributed by atoms with Gasteiger partial charge in [0.05, 0.1) is 0 Å². The number of aryl methyl sites for hydroxylation is 2. The Bertz CT molecular complexity index is 433. The van der Waals surface area contributed by atoms with Crippen molar-refractivity contribution in [2.24, 2.45) is 0 Å². The van der Waals surface area contributed by atoms with Crippen LogP contribution in [0.3, 0.4) is 0 Å². The standard InChI is InChI=1S/C16H26N2O/c1-12-11-14(16(2,3)4)10-9-13(12)7-6-8-15(19)18-17-5/h9-11,17H,6-8H2,1-5H3,(H,18,19). The van der Waals surface area contributed by atoms with E-state index in [4.69, 9.17) is 0 Å². The van der Waals surface area contributed by atoms with Gasteiger partial charge >= 0.3 is 0 Å². The lowest BCUT2D eigenvalue weighted by Crippen LogP contribution is -2.33. The van der Waals surface area contributed by atoms with Crippen LogP contribution in [0.2, 0.25) is 0 Å². The molecule has 1 aromatic carbocycles. The maximum atomic E-state index is 11.3. The van der Waals surface area contributed by atoms with E-state index in [0.717, 1.165) is 12.8 Å². The first kappa shape index (κ1) is 15.7. The van der Waals surface area contributed by atoms with Crippen molar-refractivity contribution in [2.75, 3.05) is 7.05 Å². The van der Waals surface area contributed by atoms with Gasteiger partial charge in [0.2, 0.25) is 5.91 Å². The molecule has 1 amide bonds. The summed E-state index contributed by atoms with van der Waals surface area (Å²) < 4.78 is 0. The molecule has 1 aromatic rings. The van der Waals surface area contributed by atoms with E-state index in [1.54, 1.807) is 7.05 Å². The van der Waals surface area contributed by atoms with Crippen LogP contribution in [0.1, 0.15) is 50.3 Å². The topological polar surface area (TPSA) is 41.1 Å². The molecule has 0 aliphatic carbocycles. The average Bonchev–Trinajstić information content (AvgIpc) is 2.30. The van der Waals surface area contributed by atoms with E-state index in [2.05, 4.69) is 56.7 Å². The molecule has 0 saturated carbocycles. The normalized spacial score (nSPS) is 11.4. The van der Waals surface area contributed by atoms with Crippen molar-refractivity contribution >= 4 is 5.91 Å². The van der Waals surface area contributed by atoms with Gasteiger partial charge in [0, 0.05) is 13.5 Å². The SMILES string of the molecule is CNNC(=O)CCCc1ccc(C(C)(C)C)cc1C. The number of rotatable bonds is 5. The molecule has 0 radical (unpaired) electrons. The highest BCUT2D eigenvalue weighted by atomic mass is 16.2. The number of hydrogen-bond acceptors (Lipinski definition) is 2. The predicted octanol–water partition coefficient (Wildman–Crippen LogP) is 2.87. The minimum Gasteiger partial charge on any atom is -0.292 e. The summed E-state index contributed by atoms with van der Waals surface area (Å²) in [7, 11) is 1.70. The van der Waals surface area contributed by atoms with Crippen LogP contribution in [-0.4, -0.2) is 13.0 Å². The highest BCUT2D eigenvalue weighted by molar-refractivity contribution is 5.75. The maximum Gasteiger partial charge on any atom is 0.234 e. The summed E-state index contributed by atoms with van der Waals surface area (Å²) in [5.41, 5.74) is 9.45. The van der Waals surface area contributed by atoms with Gasteiger partial charge in [0.15, 0.2) is 0 Å². The van der Waals surface area contributed by atoms with Crippen LogP contribution in [-0.2, 0) is 16.6 Å². The van der Waals surface area contributed by atoms with Crippen molar-refractivity contribution < 1.29 is 4.79 Å². The van der Waals surface area contributed by atoms with Gasteiger partial charge in [-0.15, -0.1) is 0 Å². The van der Waals surface area contributed by atoms with Crippen LogP contribution in [0.25, 0.3) is 0 Å². The monoisotopic (exact) mass is 262 g/mol. The van der Waals surface area contributed by atoms with Crippen molar-refractivity contribution in [1.82, 2.24) is 10.9 Å². The second kappa shape index (κ2) is 6.71. The molecule has 1 rings (SSSR count). The Balaban J connectivity index is 2.58. The van der Waals surface area contributed by atoms with Gasteiger partial charge in [-0.05, 0) is 41.9 Å². The second-order valence-electron chi connectivity index (χ2n) is 6.04. The fourth-order valence-electron chi connectivity index (χ4n) is 2.08. The number of amides is 1. The zero-order valence-electron chi connectivity index (χ0n) is 12.8. The van der Waals surface area contributed by atoms with E-state index < -0.39 is 0 Å². The first-order valence-electron chi connectivity index (χ1n) is 6.90. The number of hydrogen-bond donors (Lipinski definition) is 2. The molecular formula is C16H26N2O. The molecule has 0 aliphatic heterocycles. The molecule has 0 aliphatic rings. The molecule has 3 nitrogen and oxygen atoms in total. The second-order valence-corrected chi connectivity index (χ2v) is 6.04. The average molecular weight is 262 g/mol. The van der Waals surface area contributed by atoms with Crippen LogP contribution in [0.15, 0.2) is 18.2 Å². The van der Waals surface area contributed by atoms with Crippen molar-refractivity contribution in [2.45, 2.75) is 52.4 Å². The largest absolute Gasteiger partial charge is 0.292 e. The number of hydrazine groups is 1. The third-order valence-electron chi connectivity index (χ3n) is 3.32. The summed E-state index contributed by atoms with van der Waals surface area (Å²) in [4.78, 5) is 11.3. The third kappa shape index (κ3) is 5.03. The highest BCUT2D eigenvalue weighted by Crippen LogP contribution is 2.24. The van der Waals surface area contributed by atoms with Gasteiger partial charge < -0.3 is 0 Å². The minimum atomic E-state index is 0.0477. The fraction of sp³-hybridized carbons (Fsp3) is 0.562. The molecule has 2 N–H and O–H groups in total. The van der Waals surface area contributed by atoms with Crippen molar-refractivity contribution in [1.29, 1.82) is 0 Å². The minimum absolute atomic E-state index is 0.0477. The van der Waals surface area contributed by atoms with Crippen molar-refractivity contribution in [3.8, 4) is 0 Å². The smallest absolute Gasteiger partial charge is 0.234 e. The molecule has 0 spiro atoms. The Morgan fingerprint density at radius 1 is 1.26 bits per heavy atom. The Hall–Kier alpha value is -1.35. The molecule has 0 atom stereocenters. The third-order valence-corrected chi connectivity index (χ3v) is 3.32. The molecule has 0 unspecified atom stereocenters. The van der Waals surface area contributed by atoms with Crippen LogP contribution in [0.5, 0.6) is 0 Å². The number of carbonyl (C=O) groups excluding carboxylic acids is 1. The first-order chi connectivity index (χ1) is 8.84. The molecule has 106 valence electrons. The molecule has 19 heavy (non-hydrogen) atoms. The quantitative estimate of drug-likeness (QED) is 0.801. The van der Waals surface area contributed by atoms with Gasteiger partial charge in [-0.2, -0.15) is 0 Å². The molecule has 0 bridgehead atoms. The van der Waals surface area contributed by atoms with Gasteiger partial charge in [0.25, 0.3) is 0 Å². The molecule has 0 saturated heterocycles. The van der Waals surface area contributed by atoms with Crippen LogP contribution < -0.4 is 10.9 Å². The van der Waals surface area contributed by atoms with E-state index in [9.17, 15) is 4.79 Å². The van der Waals surface area contributed by atoms with Crippen LogP contribution >= 0.6 is 0 Å². The van der Waals surface area contributed by atoms with E-state index in [-0.39, 0.29) is 11.3 Å². The van der Waals surface area contributed by atoms with Crippen molar-refractivity contribution in [3.63, 3.8) is 0 Å². The highest BCUT2D eigenvalue weighted by Gasteiger charge is 2.14. The zero-order valence-corrected chi connectivity index (χ0v) is 12.8. The van der Waals surface area contributed by atoms with Crippen LogP contribution in [0.4, 0.5) is 0 Å². The lowest BCUT2D eigenvalue weighted by molar-refractivity contribution is -0.122. The lowest BCUT2D eigenvalue weighted by Gasteiger charge is -2.20. The van der Waals surface area contributed by atoms with E-state index in [1.807, 2.05) is 0 Å². The zero-order chi connectivity index (χ0) is 14.5. The lowest BCUT2D eigenvalue weighted by atomic mass is 9.85. The number of nitrogens with one attached hydrogen (secondary N) is 2. The van der Waals surface area contributed by atoms with E-state index in [1.165, 1.54) is 16.7 Å². The van der Waals surface area contributed by atoms with E-state index >= 15 is 0 Å². The van der Waals surface area contributed by atoms with Gasteiger partial charge in [-0.3, -0.25) is 10.2 Å². The van der Waals surface area contributed by atoms with E-state index in [0.29, 0.717) is 6.42 Å². The Kier molecular flexibility index (Phi) is 5.55. The molecule has 0 heterocycles. The fourth-order valence-corrected chi connectivity index (χ4v) is 2.08. The Labute approximate surface area is 116 Å². The molecule has 0 aromatic heterocycles. The summed E-state index contributed by atoms with van der Waals surface area (Å²) in [5, 5.41) is 0. The predicted molar refractivity (Wildman–Crippen MR) is 80.0 cm³/mol. The van der Waals surface area contributed by atoms with Gasteiger partial charge in [0.1, 0.15) is 0 Å². The molecular weight excluding hydrogens is 236 g/mol. The Morgan fingerprint density at radius 2 is 1.95 bits per heavy atom. The van der Waals surface area contributed by atoms with Gasteiger partial charge in [-0.1, -0.05) is 39.0 Å². The first-order valence-corrected chi connectivity index (χ1v) is 6.90. The summed E-state index contributed by atoms with van der Waals surface area (Å²) >= 11 is 0. The van der Waals surface area contributed by atoms with Crippen molar-refractivity contribution in [3.05, 3.63) is 34.9 Å². The van der Waals surface area contributed by atoms with Crippen LogP contribution in [0, 0.1) is 6.92 Å². The summed E-state index contributed by atoms with van der Waals surface area (Å²) in [5.74, 6) is 0.0477. The van der Waals surface area contributed by atoms with Gasteiger partial charge in [-0.25, -0.2) is 5.43 Å². The Morgan fingerprint density at radius 3 is 2.47 bits per heavy atom. The number of carbonyl (C=O) groups is 1. The molecule has 3 heteroatoms. The summed E-state index contributed by atoms with van der Waals surface area (Å²) in [6.07, 6.45) is 2.39. The number of benzene rings is 1. The maximum absolute atomic E-state index is 11.3.